The summed E-state index contributed by atoms with van der Waals surface area (Å²) >= 11 is 11.9. The molecular formula is C26H22Cl2N2O6. The first-order valence-corrected chi connectivity index (χ1v) is 11.7. The monoisotopic (exact) mass is 528 g/mol. The molecule has 1 heterocycles. The predicted molar refractivity (Wildman–Crippen MR) is 136 cm³/mol. The maximum absolute atomic E-state index is 12.6. The number of methoxy groups -OCH3 is 1. The van der Waals surface area contributed by atoms with Gasteiger partial charge in [-0.3, -0.25) is 14.4 Å². The maximum Gasteiger partial charge on any atom is 0.311 e. The van der Waals surface area contributed by atoms with E-state index in [9.17, 15) is 14.4 Å². The Morgan fingerprint density at radius 2 is 1.75 bits per heavy atom. The average molecular weight is 529 g/mol. The molecule has 4 rings (SSSR count). The Morgan fingerprint density at radius 1 is 1.03 bits per heavy atom. The van der Waals surface area contributed by atoms with E-state index in [0.29, 0.717) is 38.7 Å². The summed E-state index contributed by atoms with van der Waals surface area (Å²) in [4.78, 5) is 38.7. The number of hydrogen-bond donors (Lipinski definition) is 1. The van der Waals surface area contributed by atoms with Crippen LogP contribution in [-0.4, -0.2) is 38.0 Å². The molecule has 3 aromatic carbocycles. The van der Waals surface area contributed by atoms with Gasteiger partial charge in [0.1, 0.15) is 5.75 Å². The van der Waals surface area contributed by atoms with Gasteiger partial charge in [0.15, 0.2) is 18.1 Å². The zero-order chi connectivity index (χ0) is 25.7. The van der Waals surface area contributed by atoms with Crippen LogP contribution in [0.5, 0.6) is 17.2 Å². The van der Waals surface area contributed by atoms with Crippen LogP contribution in [0.2, 0.25) is 10.0 Å². The molecule has 0 aromatic heterocycles. The number of rotatable bonds is 8. The Labute approximate surface area is 217 Å². The molecule has 1 N–H and O–H groups in total. The SMILES string of the molecule is COc1ccccc1Oc1ccc(N2C[C@H](C(=O)OCC(=O)Nc3cc(Cl)ccc3Cl)CC2=O)cc1. The van der Waals surface area contributed by atoms with Crippen molar-refractivity contribution in [3.05, 3.63) is 76.8 Å². The summed E-state index contributed by atoms with van der Waals surface area (Å²) in [5.74, 6) is -0.378. The van der Waals surface area contributed by atoms with Crippen molar-refractivity contribution in [1.82, 2.24) is 0 Å². The van der Waals surface area contributed by atoms with Crippen molar-refractivity contribution in [2.45, 2.75) is 6.42 Å². The Hall–Kier alpha value is -3.75. The van der Waals surface area contributed by atoms with Gasteiger partial charge in [-0.15, -0.1) is 0 Å². The van der Waals surface area contributed by atoms with Gasteiger partial charge in [-0.2, -0.15) is 0 Å². The van der Waals surface area contributed by atoms with Crippen molar-refractivity contribution in [2.24, 2.45) is 5.92 Å². The molecule has 0 bridgehead atoms. The summed E-state index contributed by atoms with van der Waals surface area (Å²) in [6.45, 7) is -0.368. The van der Waals surface area contributed by atoms with Crippen LogP contribution >= 0.6 is 23.2 Å². The highest BCUT2D eigenvalue weighted by molar-refractivity contribution is 6.35. The predicted octanol–water partition coefficient (Wildman–Crippen LogP) is 5.33. The number of nitrogens with zero attached hydrogens (tertiary/aromatic N) is 1. The minimum Gasteiger partial charge on any atom is -0.493 e. The fourth-order valence-electron chi connectivity index (χ4n) is 3.67. The topological polar surface area (TPSA) is 94.2 Å². The molecule has 10 heteroatoms. The van der Waals surface area contributed by atoms with Gasteiger partial charge in [-0.25, -0.2) is 0 Å². The average Bonchev–Trinajstić information content (AvgIpc) is 3.27. The molecule has 0 spiro atoms. The summed E-state index contributed by atoms with van der Waals surface area (Å²) < 4.78 is 16.3. The molecule has 0 radical (unpaired) electrons. The van der Waals surface area contributed by atoms with Gasteiger partial charge in [-0.05, 0) is 54.6 Å². The van der Waals surface area contributed by atoms with E-state index in [4.69, 9.17) is 37.4 Å². The normalized spacial score (nSPS) is 14.9. The number of halogens is 2. The lowest BCUT2D eigenvalue weighted by Crippen LogP contribution is -2.28. The third-order valence-electron chi connectivity index (χ3n) is 5.45. The number of nitrogens with one attached hydrogen (secondary N) is 1. The molecule has 1 aliphatic heterocycles. The van der Waals surface area contributed by atoms with Crippen LogP contribution in [0.15, 0.2) is 66.7 Å². The van der Waals surface area contributed by atoms with Gasteiger partial charge in [0.05, 0.1) is 23.7 Å². The van der Waals surface area contributed by atoms with Crippen molar-refractivity contribution in [2.75, 3.05) is 30.5 Å². The summed E-state index contributed by atoms with van der Waals surface area (Å²) in [7, 11) is 1.56. The lowest BCUT2D eigenvalue weighted by molar-refractivity contribution is -0.151. The third kappa shape index (κ3) is 6.08. The van der Waals surface area contributed by atoms with E-state index in [-0.39, 0.29) is 18.9 Å². The van der Waals surface area contributed by atoms with Crippen molar-refractivity contribution >= 4 is 52.4 Å². The van der Waals surface area contributed by atoms with E-state index in [1.54, 1.807) is 55.6 Å². The summed E-state index contributed by atoms with van der Waals surface area (Å²) in [6, 6.07) is 18.8. The largest absolute Gasteiger partial charge is 0.493 e. The molecule has 2 amide bonds. The minimum absolute atomic E-state index is 0.0138. The second-order valence-corrected chi connectivity index (χ2v) is 8.78. The molecule has 3 aromatic rings. The first-order valence-electron chi connectivity index (χ1n) is 11.0. The summed E-state index contributed by atoms with van der Waals surface area (Å²) in [6.07, 6.45) is -0.0138. The fourth-order valence-corrected chi connectivity index (χ4v) is 4.01. The molecule has 36 heavy (non-hydrogen) atoms. The van der Waals surface area contributed by atoms with Crippen LogP contribution < -0.4 is 19.7 Å². The van der Waals surface area contributed by atoms with E-state index < -0.39 is 24.4 Å². The van der Waals surface area contributed by atoms with Crippen molar-refractivity contribution in [3.63, 3.8) is 0 Å². The lowest BCUT2D eigenvalue weighted by Gasteiger charge is -2.17. The van der Waals surface area contributed by atoms with E-state index in [2.05, 4.69) is 5.32 Å². The number of benzene rings is 3. The highest BCUT2D eigenvalue weighted by Gasteiger charge is 2.36. The van der Waals surface area contributed by atoms with Gasteiger partial charge in [-0.1, -0.05) is 35.3 Å². The van der Waals surface area contributed by atoms with Crippen LogP contribution in [0.25, 0.3) is 0 Å². The highest BCUT2D eigenvalue weighted by Crippen LogP contribution is 2.33. The van der Waals surface area contributed by atoms with E-state index >= 15 is 0 Å². The van der Waals surface area contributed by atoms with E-state index in [1.165, 1.54) is 11.0 Å². The van der Waals surface area contributed by atoms with Crippen molar-refractivity contribution < 1.29 is 28.6 Å². The Morgan fingerprint density at radius 3 is 2.47 bits per heavy atom. The molecule has 0 aliphatic carbocycles. The molecular weight excluding hydrogens is 507 g/mol. The number of para-hydroxylation sites is 2. The number of amides is 2. The first kappa shape index (κ1) is 25.3. The Balaban J connectivity index is 1.31. The molecule has 0 saturated carbocycles. The molecule has 1 saturated heterocycles. The third-order valence-corrected chi connectivity index (χ3v) is 6.02. The standard InChI is InChI=1S/C26H22Cl2N2O6/c1-34-22-4-2-3-5-23(22)36-19-9-7-18(8-10-19)30-14-16(12-25(30)32)26(33)35-15-24(31)29-21-13-17(27)6-11-20(21)28/h2-11,13,16H,12,14-15H2,1H3,(H,29,31)/t16-/m1/s1. The number of hydrogen-bond acceptors (Lipinski definition) is 6. The summed E-state index contributed by atoms with van der Waals surface area (Å²) in [5, 5.41) is 3.24. The zero-order valence-electron chi connectivity index (χ0n) is 19.2. The van der Waals surface area contributed by atoms with E-state index in [0.717, 1.165) is 0 Å². The van der Waals surface area contributed by atoms with Gasteiger partial charge in [0, 0.05) is 23.7 Å². The lowest BCUT2D eigenvalue weighted by atomic mass is 10.1. The van der Waals surface area contributed by atoms with Gasteiger partial charge in [0.25, 0.3) is 5.91 Å². The minimum atomic E-state index is -0.690. The second-order valence-electron chi connectivity index (χ2n) is 7.93. The molecule has 1 atom stereocenters. The first-order chi connectivity index (χ1) is 17.3. The number of esters is 1. The van der Waals surface area contributed by atoms with E-state index in [1.807, 2.05) is 12.1 Å². The molecule has 0 unspecified atom stereocenters. The smallest absolute Gasteiger partial charge is 0.311 e. The molecule has 1 aliphatic rings. The highest BCUT2D eigenvalue weighted by atomic mass is 35.5. The number of carbonyl (C=O) groups is 3. The van der Waals surface area contributed by atoms with Gasteiger partial charge >= 0.3 is 5.97 Å². The zero-order valence-corrected chi connectivity index (χ0v) is 20.7. The number of carbonyl (C=O) groups excluding carboxylic acids is 3. The van der Waals surface area contributed by atoms with Crippen molar-refractivity contribution in [1.29, 1.82) is 0 Å². The quantitative estimate of drug-likeness (QED) is 0.397. The van der Waals surface area contributed by atoms with Crippen LogP contribution in [-0.2, 0) is 19.1 Å². The van der Waals surface area contributed by atoms with Gasteiger partial charge in [0.2, 0.25) is 5.91 Å². The second kappa shape index (κ2) is 11.3. The molecule has 8 nitrogen and oxygen atoms in total. The summed E-state index contributed by atoms with van der Waals surface area (Å²) in [5.41, 5.74) is 0.932. The van der Waals surface area contributed by atoms with Crippen LogP contribution in [0.3, 0.4) is 0 Å². The molecule has 1 fully saturated rings. The fraction of sp³-hybridized carbons (Fsp3) is 0.192. The van der Waals surface area contributed by atoms with Crippen LogP contribution in [0, 0.1) is 5.92 Å². The van der Waals surface area contributed by atoms with Crippen molar-refractivity contribution in [3.8, 4) is 17.2 Å². The Bertz CT molecular complexity index is 1280. The Kier molecular flexibility index (Phi) is 7.97. The van der Waals surface area contributed by atoms with Crippen LogP contribution in [0.4, 0.5) is 11.4 Å². The number of ether oxygens (including phenoxy) is 3. The number of anilines is 2. The van der Waals surface area contributed by atoms with Gasteiger partial charge < -0.3 is 24.4 Å². The van der Waals surface area contributed by atoms with Crippen LogP contribution in [0.1, 0.15) is 6.42 Å². The maximum atomic E-state index is 12.6. The molecule has 186 valence electrons.